The molecule has 4 nitrogen and oxygen atoms in total. The third kappa shape index (κ3) is 7.12. The minimum atomic E-state index is -0.807. The summed E-state index contributed by atoms with van der Waals surface area (Å²) in [7, 11) is 0. The summed E-state index contributed by atoms with van der Waals surface area (Å²) in [5.41, 5.74) is 18.2. The van der Waals surface area contributed by atoms with E-state index < -0.39 is 10.8 Å². The van der Waals surface area contributed by atoms with Crippen LogP contribution in [0.4, 0.5) is 34.1 Å². The highest BCUT2D eigenvalue weighted by atomic mass is 16.3. The molecule has 0 N–H and O–H groups in total. The second-order valence-corrected chi connectivity index (χ2v) is 29.5. The predicted molar refractivity (Wildman–Crippen MR) is 438 cm³/mol. The van der Waals surface area contributed by atoms with Gasteiger partial charge in [0, 0.05) is 53.9 Å². The van der Waals surface area contributed by atoms with E-state index in [0.717, 1.165) is 88.8 Å². The number of hydrogen-bond acceptors (Lipinski definition) is 4. The zero-order chi connectivity index (χ0) is 68.0. The highest BCUT2D eigenvalue weighted by molar-refractivity contribution is 6.30. The Bertz CT molecular complexity index is 7080. The quantitative estimate of drug-likeness (QED) is 0.149. The molecule has 20 aromatic carbocycles. The number of nitrogens with zero attached hydrogens (tertiary/aromatic N) is 2. The van der Waals surface area contributed by atoms with Gasteiger partial charge in [-0.3, -0.25) is 0 Å². The van der Waals surface area contributed by atoms with Gasteiger partial charge in [0.05, 0.1) is 34.1 Å². The smallest absolute Gasteiger partial charge is 0.159 e. The van der Waals surface area contributed by atoms with Crippen LogP contribution in [-0.4, -0.2) is 0 Å². The van der Waals surface area contributed by atoms with Gasteiger partial charge in [-0.1, -0.05) is 293 Å². The molecule has 0 bridgehead atoms. The van der Waals surface area contributed by atoms with E-state index in [1.165, 1.54) is 141 Å². The zero-order valence-electron chi connectivity index (χ0n) is 56.9. The van der Waals surface area contributed by atoms with E-state index in [2.05, 4.69) is 351 Å². The van der Waals surface area contributed by atoms with Crippen molar-refractivity contribution in [3.05, 3.63) is 350 Å². The van der Waals surface area contributed by atoms with Crippen molar-refractivity contribution in [1.82, 2.24) is 0 Å². The van der Waals surface area contributed by atoms with E-state index in [1.54, 1.807) is 0 Å². The Kier molecular flexibility index (Phi) is 11.0. The molecule has 2 atom stereocenters. The largest absolute Gasteiger partial charge is 0.454 e. The number of benzene rings is 20. The molecule has 2 heterocycles. The fourth-order valence-electron chi connectivity index (χ4n) is 20.1. The summed E-state index contributed by atoms with van der Waals surface area (Å²) in [6.07, 6.45) is 0. The molecule has 0 radical (unpaired) electrons. The molecule has 482 valence electrons. The van der Waals surface area contributed by atoms with Crippen molar-refractivity contribution in [3.8, 4) is 22.3 Å². The van der Waals surface area contributed by atoms with Crippen LogP contribution in [0.15, 0.2) is 336 Å². The van der Waals surface area contributed by atoms with Crippen molar-refractivity contribution in [2.45, 2.75) is 24.7 Å². The molecule has 0 saturated carbocycles. The third-order valence-electron chi connectivity index (χ3n) is 24.8. The minimum Gasteiger partial charge on any atom is -0.454 e. The van der Waals surface area contributed by atoms with Crippen molar-refractivity contribution in [2.75, 3.05) is 9.80 Å². The molecule has 0 fully saturated rings. The van der Waals surface area contributed by atoms with Crippen molar-refractivity contribution < 1.29 is 8.83 Å². The van der Waals surface area contributed by atoms with Gasteiger partial charge in [-0.15, -0.1) is 0 Å². The molecular weight excluding hydrogens is 1260 g/mol. The van der Waals surface area contributed by atoms with E-state index >= 15 is 0 Å². The van der Waals surface area contributed by atoms with Crippen LogP contribution in [0.5, 0.6) is 0 Å². The van der Waals surface area contributed by atoms with Crippen molar-refractivity contribution >= 4 is 186 Å². The Hall–Kier alpha value is -13.3. The van der Waals surface area contributed by atoms with Gasteiger partial charge in [-0.25, -0.2) is 0 Å². The normalized spacial score (nSPS) is 15.7. The molecule has 2 aliphatic rings. The number of furan rings is 2. The highest BCUT2D eigenvalue weighted by Gasteiger charge is 2.59. The lowest BCUT2D eigenvalue weighted by atomic mass is 9.56. The zero-order valence-corrected chi connectivity index (χ0v) is 56.9. The number of hydrogen-bond donors (Lipinski definition) is 0. The standard InChI is InChI=1S/C100H60N2O2/c1-99(77-51-45-57-19-3-5-25-65(57)93(77)95-71-31-9-7-27-67(71)85(55-79(95)99)101(83-35-17-33-73-69-29-11-13-37-87(69)103-97(73)83)81-53-47-63-41-39-59-21-15-23-61-43-49-75(81)91(63)89(59)61)100(2)78-52-46-58-20-4-6-26-66(58)94(78)96-72-32-10-8-28-68(72)86(56-80(96)100)102(84-36-18-34-74-70-30-12-14-38-88(70)104-98(74)84)82-54-48-64-42-40-60-22-16-24-62-44-50-76(82)92(64)90(60)62/h3-56H,1-2H3. The summed E-state index contributed by atoms with van der Waals surface area (Å²) in [4.78, 5) is 5.15. The predicted octanol–water partition coefficient (Wildman–Crippen LogP) is 28.1. The fourth-order valence-corrected chi connectivity index (χ4v) is 20.1. The summed E-state index contributed by atoms with van der Waals surface area (Å²) < 4.78 is 14.5. The molecule has 104 heavy (non-hydrogen) atoms. The monoisotopic (exact) mass is 1320 g/mol. The SMILES string of the molecule is CC1(C2(C)c3ccc4ccccc4c3-c3c2cc(N(c2ccc4ccc5cccc6ccc2c4c56)c2cccc4c2oc2ccccc24)c2ccccc32)c2ccc3ccccc3c2-c2c1cc(N(c1ccc3ccc4cccc5ccc1c3c45)c1cccc3c1oc1ccccc13)c1ccccc21. The summed E-state index contributed by atoms with van der Waals surface area (Å²) in [5, 5.41) is 28.6. The number of para-hydroxylation sites is 4. The van der Waals surface area contributed by atoms with Crippen LogP contribution in [0.1, 0.15) is 36.1 Å². The number of anilines is 6. The van der Waals surface area contributed by atoms with Gasteiger partial charge >= 0.3 is 0 Å². The van der Waals surface area contributed by atoms with Gasteiger partial charge in [0.1, 0.15) is 11.2 Å². The van der Waals surface area contributed by atoms with Gasteiger partial charge in [0.2, 0.25) is 0 Å². The lowest BCUT2D eigenvalue weighted by Gasteiger charge is -2.46. The van der Waals surface area contributed by atoms with E-state index in [9.17, 15) is 0 Å². The van der Waals surface area contributed by atoms with Gasteiger partial charge in [-0.05, 0) is 179 Å². The lowest BCUT2D eigenvalue weighted by molar-refractivity contribution is 0.376. The maximum absolute atomic E-state index is 7.26. The first kappa shape index (κ1) is 56.5. The van der Waals surface area contributed by atoms with Crippen LogP contribution in [0.2, 0.25) is 0 Å². The Labute approximate surface area is 597 Å². The number of rotatable bonds is 7. The average molecular weight is 1320 g/mol. The number of fused-ring (bicyclic) bond motifs is 20. The first-order valence-corrected chi connectivity index (χ1v) is 36.3. The lowest BCUT2D eigenvalue weighted by Crippen LogP contribution is -2.44. The first-order valence-electron chi connectivity index (χ1n) is 36.3. The summed E-state index contributed by atoms with van der Waals surface area (Å²) >= 11 is 0. The topological polar surface area (TPSA) is 32.8 Å². The Balaban J connectivity index is 0.854. The van der Waals surface area contributed by atoms with Crippen LogP contribution >= 0.6 is 0 Å². The molecule has 0 spiro atoms. The average Bonchev–Trinajstić information content (AvgIpc) is 1.48. The molecule has 4 heteroatoms. The fraction of sp³-hybridized carbons (Fsp3) is 0.0400. The Morgan fingerprint density at radius 1 is 0.202 bits per heavy atom. The van der Waals surface area contributed by atoms with Crippen LogP contribution in [-0.2, 0) is 10.8 Å². The highest BCUT2D eigenvalue weighted by Crippen LogP contribution is 2.70. The molecule has 24 rings (SSSR count). The molecular formula is C100H60N2O2. The molecule has 0 aliphatic heterocycles. The minimum absolute atomic E-state index is 0.807. The molecule has 2 aromatic heterocycles. The molecule has 2 unspecified atom stereocenters. The van der Waals surface area contributed by atoms with Crippen LogP contribution in [0.25, 0.3) is 174 Å². The molecule has 0 saturated heterocycles. The third-order valence-corrected chi connectivity index (χ3v) is 24.8. The van der Waals surface area contributed by atoms with Gasteiger partial charge in [0.25, 0.3) is 0 Å². The van der Waals surface area contributed by atoms with Gasteiger partial charge in [-0.2, -0.15) is 0 Å². The van der Waals surface area contributed by atoms with Crippen LogP contribution in [0.3, 0.4) is 0 Å². The summed E-state index contributed by atoms with van der Waals surface area (Å²) in [6, 6.07) is 124. The van der Waals surface area contributed by atoms with E-state index in [4.69, 9.17) is 8.83 Å². The van der Waals surface area contributed by atoms with Crippen molar-refractivity contribution in [1.29, 1.82) is 0 Å². The van der Waals surface area contributed by atoms with Crippen molar-refractivity contribution in [3.63, 3.8) is 0 Å². The van der Waals surface area contributed by atoms with E-state index in [1.807, 2.05) is 0 Å². The van der Waals surface area contributed by atoms with E-state index in [-0.39, 0.29) is 0 Å². The Morgan fingerprint density at radius 2 is 0.510 bits per heavy atom. The second kappa shape index (κ2) is 20.3. The molecule has 22 aromatic rings. The van der Waals surface area contributed by atoms with E-state index in [0.29, 0.717) is 0 Å². The summed E-state index contributed by atoms with van der Waals surface area (Å²) in [6.45, 7) is 5.23. The Morgan fingerprint density at radius 3 is 0.942 bits per heavy atom. The van der Waals surface area contributed by atoms with Gasteiger partial charge in [0.15, 0.2) is 11.2 Å². The van der Waals surface area contributed by atoms with Crippen LogP contribution < -0.4 is 9.80 Å². The second-order valence-electron chi connectivity index (χ2n) is 29.5. The maximum Gasteiger partial charge on any atom is 0.159 e. The summed E-state index contributed by atoms with van der Waals surface area (Å²) in [5.74, 6) is 0. The van der Waals surface area contributed by atoms with Gasteiger partial charge < -0.3 is 18.6 Å². The van der Waals surface area contributed by atoms with Crippen molar-refractivity contribution in [2.24, 2.45) is 0 Å². The molecule has 0 amide bonds. The first-order chi connectivity index (χ1) is 51.4. The van der Waals surface area contributed by atoms with Crippen LogP contribution in [0, 0.1) is 0 Å². The maximum atomic E-state index is 7.26. The molecule has 2 aliphatic carbocycles.